The SMILES string of the molecule is C[C@H](I)[C@@H](C)O. The molecular formula is C4H9IO. The van der Waals surface area contributed by atoms with E-state index in [1.54, 1.807) is 6.92 Å². The molecule has 0 aromatic carbocycles. The van der Waals surface area contributed by atoms with Crippen LogP contribution < -0.4 is 0 Å². The lowest BCUT2D eigenvalue weighted by Gasteiger charge is -2.02. The molecule has 0 aliphatic rings. The Balaban J connectivity index is 2.99. The Labute approximate surface area is 51.9 Å². The molecule has 38 valence electrons. The summed E-state index contributed by atoms with van der Waals surface area (Å²) in [5.41, 5.74) is 0. The largest absolute Gasteiger partial charge is 0.392 e. The molecule has 0 radical (unpaired) electrons. The van der Waals surface area contributed by atoms with Crippen molar-refractivity contribution in [1.29, 1.82) is 0 Å². The summed E-state index contributed by atoms with van der Waals surface area (Å²) in [5.74, 6) is 0. The van der Waals surface area contributed by atoms with Gasteiger partial charge in [0.15, 0.2) is 0 Å². The summed E-state index contributed by atoms with van der Waals surface area (Å²) < 4.78 is 0.377. The van der Waals surface area contributed by atoms with Gasteiger partial charge in [-0.05, 0) is 6.92 Å². The van der Waals surface area contributed by atoms with Gasteiger partial charge in [-0.1, -0.05) is 29.5 Å². The summed E-state index contributed by atoms with van der Waals surface area (Å²) in [7, 11) is 0. The van der Waals surface area contributed by atoms with Crippen LogP contribution in [0.2, 0.25) is 0 Å². The first-order valence-electron chi connectivity index (χ1n) is 1.96. The highest BCUT2D eigenvalue weighted by atomic mass is 127. The zero-order valence-electron chi connectivity index (χ0n) is 3.98. The first kappa shape index (κ1) is 6.69. The van der Waals surface area contributed by atoms with Crippen LogP contribution >= 0.6 is 22.6 Å². The predicted molar refractivity (Wildman–Crippen MR) is 35.2 cm³/mol. The van der Waals surface area contributed by atoms with Crippen molar-refractivity contribution in [2.24, 2.45) is 0 Å². The van der Waals surface area contributed by atoms with Crippen LogP contribution in [0, 0.1) is 0 Å². The average Bonchev–Trinajstić information content (AvgIpc) is 1.36. The van der Waals surface area contributed by atoms with E-state index in [4.69, 9.17) is 5.11 Å². The molecule has 0 saturated heterocycles. The van der Waals surface area contributed by atoms with Crippen LogP contribution in [0.25, 0.3) is 0 Å². The van der Waals surface area contributed by atoms with Crippen LogP contribution in [0.3, 0.4) is 0 Å². The third-order valence-electron chi connectivity index (χ3n) is 0.665. The van der Waals surface area contributed by atoms with Crippen molar-refractivity contribution in [1.82, 2.24) is 0 Å². The molecule has 6 heavy (non-hydrogen) atoms. The standard InChI is InChI=1S/C4H9IO/c1-3(5)4(2)6/h3-4,6H,1-2H3/t3-,4+/m0/s1. The number of hydrogen-bond donors (Lipinski definition) is 1. The maximum Gasteiger partial charge on any atom is 0.0626 e. The fourth-order valence-corrected chi connectivity index (χ4v) is 0. The van der Waals surface area contributed by atoms with Crippen molar-refractivity contribution < 1.29 is 5.11 Å². The molecule has 0 unspecified atom stereocenters. The quantitative estimate of drug-likeness (QED) is 0.497. The van der Waals surface area contributed by atoms with E-state index in [0.29, 0.717) is 3.92 Å². The minimum absolute atomic E-state index is 0.161. The lowest BCUT2D eigenvalue weighted by atomic mass is 10.3. The second kappa shape index (κ2) is 2.80. The molecule has 0 amide bonds. The van der Waals surface area contributed by atoms with Crippen molar-refractivity contribution in [3.63, 3.8) is 0 Å². The fourth-order valence-electron chi connectivity index (χ4n) is 0. The van der Waals surface area contributed by atoms with Crippen molar-refractivity contribution in [2.45, 2.75) is 23.9 Å². The van der Waals surface area contributed by atoms with Gasteiger partial charge in [-0.2, -0.15) is 0 Å². The van der Waals surface area contributed by atoms with E-state index < -0.39 is 0 Å². The number of aliphatic hydroxyl groups is 1. The maximum atomic E-state index is 8.62. The number of alkyl halides is 1. The number of hydrogen-bond acceptors (Lipinski definition) is 1. The van der Waals surface area contributed by atoms with Gasteiger partial charge >= 0.3 is 0 Å². The van der Waals surface area contributed by atoms with Crippen LogP contribution in [0.4, 0.5) is 0 Å². The summed E-state index contributed by atoms with van der Waals surface area (Å²) in [4.78, 5) is 0. The Morgan fingerprint density at radius 1 is 1.50 bits per heavy atom. The van der Waals surface area contributed by atoms with E-state index in [-0.39, 0.29) is 6.10 Å². The third kappa shape index (κ3) is 2.90. The first-order valence-corrected chi connectivity index (χ1v) is 3.21. The van der Waals surface area contributed by atoms with E-state index in [0.717, 1.165) is 0 Å². The highest BCUT2D eigenvalue weighted by Crippen LogP contribution is 2.02. The number of aliphatic hydroxyl groups excluding tert-OH is 1. The zero-order valence-corrected chi connectivity index (χ0v) is 6.14. The van der Waals surface area contributed by atoms with Crippen LogP contribution in [0.5, 0.6) is 0 Å². The Hall–Kier alpha value is 0.690. The zero-order chi connectivity index (χ0) is 5.15. The molecule has 0 aliphatic carbocycles. The third-order valence-corrected chi connectivity index (χ3v) is 1.71. The smallest absolute Gasteiger partial charge is 0.0626 e. The molecule has 0 aromatic heterocycles. The normalized spacial score (nSPS) is 20.0. The van der Waals surface area contributed by atoms with E-state index in [1.165, 1.54) is 0 Å². The molecule has 1 nitrogen and oxygen atoms in total. The molecule has 0 rings (SSSR count). The molecule has 0 saturated carbocycles. The van der Waals surface area contributed by atoms with E-state index in [1.807, 2.05) is 6.92 Å². The molecule has 0 aromatic rings. The second-order valence-electron chi connectivity index (χ2n) is 1.42. The second-order valence-corrected chi connectivity index (χ2v) is 3.38. The Morgan fingerprint density at radius 3 is 1.67 bits per heavy atom. The predicted octanol–water partition coefficient (Wildman–Crippen LogP) is 1.19. The summed E-state index contributed by atoms with van der Waals surface area (Å²) in [6, 6.07) is 0. The van der Waals surface area contributed by atoms with Crippen molar-refractivity contribution in [2.75, 3.05) is 0 Å². The van der Waals surface area contributed by atoms with Crippen LogP contribution in [0.15, 0.2) is 0 Å². The molecular weight excluding hydrogens is 191 g/mol. The average molecular weight is 200 g/mol. The van der Waals surface area contributed by atoms with Crippen molar-refractivity contribution >= 4 is 22.6 Å². The highest BCUT2D eigenvalue weighted by Gasteiger charge is 1.99. The molecule has 2 heteroatoms. The summed E-state index contributed by atoms with van der Waals surface area (Å²) >= 11 is 2.18. The van der Waals surface area contributed by atoms with E-state index in [9.17, 15) is 0 Å². The van der Waals surface area contributed by atoms with Gasteiger partial charge in [-0.3, -0.25) is 0 Å². The van der Waals surface area contributed by atoms with Gasteiger partial charge in [0.05, 0.1) is 6.10 Å². The van der Waals surface area contributed by atoms with Crippen LogP contribution in [0.1, 0.15) is 13.8 Å². The topological polar surface area (TPSA) is 20.2 Å². The summed E-state index contributed by atoms with van der Waals surface area (Å²) in [5, 5.41) is 8.62. The lowest BCUT2D eigenvalue weighted by Crippen LogP contribution is -2.10. The van der Waals surface area contributed by atoms with Gasteiger partial charge in [-0.25, -0.2) is 0 Å². The number of rotatable bonds is 1. The Kier molecular flexibility index (Phi) is 3.12. The van der Waals surface area contributed by atoms with Crippen molar-refractivity contribution in [3.05, 3.63) is 0 Å². The monoisotopic (exact) mass is 200 g/mol. The minimum Gasteiger partial charge on any atom is -0.392 e. The van der Waals surface area contributed by atoms with E-state index >= 15 is 0 Å². The Morgan fingerprint density at radius 2 is 1.67 bits per heavy atom. The highest BCUT2D eigenvalue weighted by molar-refractivity contribution is 14.1. The minimum atomic E-state index is -0.161. The molecule has 0 aliphatic heterocycles. The van der Waals surface area contributed by atoms with Gasteiger partial charge in [0.1, 0.15) is 0 Å². The molecule has 1 N–H and O–H groups in total. The lowest BCUT2D eigenvalue weighted by molar-refractivity contribution is 0.201. The van der Waals surface area contributed by atoms with E-state index in [2.05, 4.69) is 22.6 Å². The molecule has 2 atom stereocenters. The van der Waals surface area contributed by atoms with Gasteiger partial charge in [0.25, 0.3) is 0 Å². The Bertz CT molecular complexity index is 28.5. The van der Waals surface area contributed by atoms with Gasteiger partial charge in [-0.15, -0.1) is 0 Å². The van der Waals surface area contributed by atoms with Crippen LogP contribution in [-0.4, -0.2) is 15.1 Å². The fraction of sp³-hybridized carbons (Fsp3) is 1.00. The first-order chi connectivity index (χ1) is 2.64. The van der Waals surface area contributed by atoms with Gasteiger partial charge in [0.2, 0.25) is 0 Å². The molecule has 0 bridgehead atoms. The van der Waals surface area contributed by atoms with Crippen LogP contribution in [-0.2, 0) is 0 Å². The number of halogens is 1. The summed E-state index contributed by atoms with van der Waals surface area (Å²) in [6.45, 7) is 3.77. The summed E-state index contributed by atoms with van der Waals surface area (Å²) in [6.07, 6.45) is -0.161. The molecule has 0 fully saturated rings. The maximum absolute atomic E-state index is 8.62. The van der Waals surface area contributed by atoms with Crippen molar-refractivity contribution in [3.8, 4) is 0 Å². The van der Waals surface area contributed by atoms with Gasteiger partial charge in [0, 0.05) is 3.92 Å². The van der Waals surface area contributed by atoms with Gasteiger partial charge < -0.3 is 5.11 Å². The molecule has 0 spiro atoms. The molecule has 0 heterocycles.